The molecule has 1 aliphatic heterocycles. The molecule has 2 rings (SSSR count). The molecule has 1 saturated heterocycles. The minimum absolute atomic E-state index is 0.153. The van der Waals surface area contributed by atoms with Crippen LogP contribution >= 0.6 is 0 Å². The van der Waals surface area contributed by atoms with E-state index in [2.05, 4.69) is 10.3 Å². The van der Waals surface area contributed by atoms with Crippen molar-refractivity contribution < 1.29 is 17.9 Å². The zero-order chi connectivity index (χ0) is 13.2. The lowest BCUT2D eigenvalue weighted by Crippen LogP contribution is -2.42. The number of hydrogen-bond acceptors (Lipinski definition) is 3. The fraction of sp³-hybridized carbons (Fsp3) is 0.583. The highest BCUT2D eigenvalue weighted by Gasteiger charge is 2.32. The molecule has 1 aromatic heterocycles. The second-order valence-electron chi connectivity index (χ2n) is 4.79. The van der Waals surface area contributed by atoms with Gasteiger partial charge in [-0.3, -0.25) is 4.98 Å². The van der Waals surface area contributed by atoms with Gasteiger partial charge in [0.05, 0.1) is 11.8 Å². The van der Waals surface area contributed by atoms with Crippen LogP contribution in [-0.4, -0.2) is 23.7 Å². The summed E-state index contributed by atoms with van der Waals surface area (Å²) in [6, 6.07) is 0.977. The van der Waals surface area contributed by atoms with Crippen molar-refractivity contribution in [2.75, 3.05) is 13.2 Å². The van der Waals surface area contributed by atoms with E-state index in [4.69, 9.17) is 4.74 Å². The summed E-state index contributed by atoms with van der Waals surface area (Å²) >= 11 is 0. The Kier molecular flexibility index (Phi) is 3.47. The molecule has 2 heterocycles. The SMILES string of the molecule is C[C@]1(COc2cncc(C(F)(F)F)c2)CCCN1. The first-order valence-corrected chi connectivity index (χ1v) is 5.79. The van der Waals surface area contributed by atoms with Gasteiger partial charge >= 0.3 is 6.18 Å². The topological polar surface area (TPSA) is 34.1 Å². The maximum Gasteiger partial charge on any atom is 0.418 e. The van der Waals surface area contributed by atoms with Crippen LogP contribution in [0.5, 0.6) is 5.75 Å². The summed E-state index contributed by atoms with van der Waals surface area (Å²) in [5, 5.41) is 3.28. The number of rotatable bonds is 3. The first-order chi connectivity index (χ1) is 8.39. The lowest BCUT2D eigenvalue weighted by Gasteiger charge is -2.24. The third kappa shape index (κ3) is 3.13. The fourth-order valence-corrected chi connectivity index (χ4v) is 1.98. The fourth-order valence-electron chi connectivity index (χ4n) is 1.98. The predicted molar refractivity (Wildman–Crippen MR) is 60.4 cm³/mol. The largest absolute Gasteiger partial charge is 0.490 e. The third-order valence-electron chi connectivity index (χ3n) is 3.05. The minimum atomic E-state index is -4.39. The lowest BCUT2D eigenvalue weighted by atomic mass is 10.0. The summed E-state index contributed by atoms with van der Waals surface area (Å²) in [6.45, 7) is 3.26. The van der Waals surface area contributed by atoms with E-state index in [1.165, 1.54) is 6.20 Å². The number of alkyl halides is 3. The molecule has 1 aliphatic rings. The van der Waals surface area contributed by atoms with E-state index in [0.29, 0.717) is 6.61 Å². The first kappa shape index (κ1) is 13.1. The van der Waals surface area contributed by atoms with Gasteiger partial charge in [-0.05, 0) is 32.4 Å². The highest BCUT2D eigenvalue weighted by molar-refractivity contribution is 5.25. The van der Waals surface area contributed by atoms with Gasteiger partial charge in [0.15, 0.2) is 0 Å². The quantitative estimate of drug-likeness (QED) is 0.907. The van der Waals surface area contributed by atoms with Gasteiger partial charge in [-0.2, -0.15) is 13.2 Å². The van der Waals surface area contributed by atoms with E-state index >= 15 is 0 Å². The molecule has 0 amide bonds. The predicted octanol–water partition coefficient (Wildman–Crippen LogP) is 2.62. The zero-order valence-electron chi connectivity index (χ0n) is 10.0. The Balaban J connectivity index is 2.01. The molecule has 100 valence electrons. The summed E-state index contributed by atoms with van der Waals surface area (Å²) in [5.41, 5.74) is -0.946. The Labute approximate surface area is 103 Å². The van der Waals surface area contributed by atoms with Crippen molar-refractivity contribution in [2.24, 2.45) is 0 Å². The van der Waals surface area contributed by atoms with Crippen molar-refractivity contribution in [3.8, 4) is 5.75 Å². The normalized spacial score (nSPS) is 24.2. The van der Waals surface area contributed by atoms with Crippen molar-refractivity contribution in [2.45, 2.75) is 31.5 Å². The minimum Gasteiger partial charge on any atom is -0.490 e. The van der Waals surface area contributed by atoms with Gasteiger partial charge in [-0.1, -0.05) is 0 Å². The number of pyridine rings is 1. The highest BCUT2D eigenvalue weighted by atomic mass is 19.4. The van der Waals surface area contributed by atoms with Crippen LogP contribution in [0, 0.1) is 0 Å². The van der Waals surface area contributed by atoms with E-state index < -0.39 is 11.7 Å². The van der Waals surface area contributed by atoms with Crippen molar-refractivity contribution >= 4 is 0 Å². The van der Waals surface area contributed by atoms with Gasteiger partial charge < -0.3 is 10.1 Å². The van der Waals surface area contributed by atoms with Crippen LogP contribution < -0.4 is 10.1 Å². The first-order valence-electron chi connectivity index (χ1n) is 5.79. The third-order valence-corrected chi connectivity index (χ3v) is 3.05. The van der Waals surface area contributed by atoms with Gasteiger partial charge in [0, 0.05) is 11.7 Å². The summed E-state index contributed by atoms with van der Waals surface area (Å²) < 4.78 is 42.8. The van der Waals surface area contributed by atoms with E-state index in [9.17, 15) is 13.2 Å². The van der Waals surface area contributed by atoms with E-state index in [0.717, 1.165) is 31.6 Å². The molecular weight excluding hydrogens is 245 g/mol. The molecule has 1 N–H and O–H groups in total. The molecule has 3 nitrogen and oxygen atoms in total. The molecule has 1 aromatic rings. The average Bonchev–Trinajstić information content (AvgIpc) is 2.74. The Morgan fingerprint density at radius 2 is 2.22 bits per heavy atom. The van der Waals surface area contributed by atoms with Crippen molar-refractivity contribution in [3.05, 3.63) is 24.0 Å². The second-order valence-corrected chi connectivity index (χ2v) is 4.79. The molecule has 0 spiro atoms. The molecule has 0 aliphatic carbocycles. The number of hydrogen-bond donors (Lipinski definition) is 1. The molecule has 0 unspecified atom stereocenters. The van der Waals surface area contributed by atoms with Crippen LogP contribution in [0.2, 0.25) is 0 Å². The molecular formula is C12H15F3N2O. The molecule has 6 heteroatoms. The summed E-state index contributed by atoms with van der Waals surface area (Å²) in [6.07, 6.45) is -0.280. The Bertz CT molecular complexity index is 414. The maximum atomic E-state index is 12.5. The average molecular weight is 260 g/mol. The molecule has 0 saturated carbocycles. The number of halogens is 3. The summed E-state index contributed by atoms with van der Waals surface area (Å²) in [7, 11) is 0. The van der Waals surface area contributed by atoms with Crippen LogP contribution in [-0.2, 0) is 6.18 Å². The molecule has 1 fully saturated rings. The highest BCUT2D eigenvalue weighted by Crippen LogP contribution is 2.30. The van der Waals surface area contributed by atoms with E-state index in [-0.39, 0.29) is 11.3 Å². The van der Waals surface area contributed by atoms with Crippen LogP contribution in [0.15, 0.2) is 18.5 Å². The number of aromatic nitrogens is 1. The van der Waals surface area contributed by atoms with E-state index in [1.54, 1.807) is 0 Å². The van der Waals surface area contributed by atoms with Gasteiger partial charge in [-0.25, -0.2) is 0 Å². The monoisotopic (exact) mass is 260 g/mol. The second kappa shape index (κ2) is 4.76. The lowest BCUT2D eigenvalue weighted by molar-refractivity contribution is -0.137. The van der Waals surface area contributed by atoms with Gasteiger partial charge in [0.1, 0.15) is 12.4 Å². The Morgan fingerprint density at radius 3 is 2.83 bits per heavy atom. The standard InChI is InChI=1S/C12H15F3N2O/c1-11(3-2-4-17-11)8-18-10-5-9(6-16-7-10)12(13,14)15/h5-7,17H,2-4,8H2,1H3/t11-/m1/s1. The number of nitrogens with one attached hydrogen (secondary N) is 1. The van der Waals surface area contributed by atoms with Crippen LogP contribution in [0.3, 0.4) is 0 Å². The summed E-state index contributed by atoms with van der Waals surface area (Å²) in [4.78, 5) is 3.55. The Morgan fingerprint density at radius 1 is 1.44 bits per heavy atom. The van der Waals surface area contributed by atoms with Crippen molar-refractivity contribution in [1.29, 1.82) is 0 Å². The molecule has 1 atom stereocenters. The smallest absolute Gasteiger partial charge is 0.418 e. The number of nitrogens with zero attached hydrogens (tertiary/aromatic N) is 1. The molecule has 0 aromatic carbocycles. The number of ether oxygens (including phenoxy) is 1. The van der Waals surface area contributed by atoms with Crippen LogP contribution in [0.4, 0.5) is 13.2 Å². The summed E-state index contributed by atoms with van der Waals surface area (Å²) in [5.74, 6) is 0.153. The van der Waals surface area contributed by atoms with Crippen molar-refractivity contribution in [3.63, 3.8) is 0 Å². The van der Waals surface area contributed by atoms with E-state index in [1.807, 2.05) is 6.92 Å². The zero-order valence-corrected chi connectivity index (χ0v) is 10.0. The van der Waals surface area contributed by atoms with Gasteiger partial charge in [0.2, 0.25) is 0 Å². The maximum absolute atomic E-state index is 12.5. The Hall–Kier alpha value is -1.30. The van der Waals surface area contributed by atoms with Gasteiger partial charge in [0.25, 0.3) is 0 Å². The van der Waals surface area contributed by atoms with Crippen LogP contribution in [0.1, 0.15) is 25.3 Å². The van der Waals surface area contributed by atoms with Gasteiger partial charge in [-0.15, -0.1) is 0 Å². The molecule has 0 radical (unpaired) electrons. The van der Waals surface area contributed by atoms with Crippen molar-refractivity contribution in [1.82, 2.24) is 10.3 Å². The van der Waals surface area contributed by atoms with Crippen LogP contribution in [0.25, 0.3) is 0 Å². The molecule has 0 bridgehead atoms. The molecule has 18 heavy (non-hydrogen) atoms.